The highest BCUT2D eigenvalue weighted by atomic mass is 16.3. The van der Waals surface area contributed by atoms with Crippen LogP contribution in [0.3, 0.4) is 0 Å². The molecule has 0 saturated carbocycles. The molecule has 1 aliphatic rings. The van der Waals surface area contributed by atoms with Crippen LogP contribution in [0.2, 0.25) is 0 Å². The molecule has 1 amide bonds. The number of aliphatic hydroxyl groups is 1. The predicted molar refractivity (Wildman–Crippen MR) is 79.5 cm³/mol. The Morgan fingerprint density at radius 1 is 1.35 bits per heavy atom. The topological polar surface area (TPSA) is 66.6 Å². The molecule has 4 heteroatoms. The molecule has 110 valence electrons. The molecule has 1 aliphatic heterocycles. The summed E-state index contributed by atoms with van der Waals surface area (Å²) in [5, 5.41) is 9.03. The number of amides is 1. The molecule has 0 spiro atoms. The smallest absolute Gasteiger partial charge is 0.253 e. The first-order valence-electron chi connectivity index (χ1n) is 7.43. The lowest BCUT2D eigenvalue weighted by molar-refractivity contribution is 0.0653. The molecule has 2 rings (SSSR count). The standard InChI is InChI=1S/C16H24N2O2/c17-9-7-13-3-5-15(6-4-13)16(20)18-10-1-2-14(12-18)8-11-19/h3-6,14,19H,1-2,7-12,17H2. The van der Waals surface area contributed by atoms with E-state index in [0.29, 0.717) is 12.5 Å². The van der Waals surface area contributed by atoms with Crippen LogP contribution in [0.25, 0.3) is 0 Å². The van der Waals surface area contributed by atoms with E-state index in [4.69, 9.17) is 10.8 Å². The van der Waals surface area contributed by atoms with Crippen molar-refractivity contribution in [3.8, 4) is 0 Å². The van der Waals surface area contributed by atoms with E-state index in [9.17, 15) is 4.79 Å². The van der Waals surface area contributed by atoms with E-state index in [1.807, 2.05) is 29.2 Å². The molecule has 1 unspecified atom stereocenters. The van der Waals surface area contributed by atoms with Crippen molar-refractivity contribution in [1.29, 1.82) is 0 Å². The second-order valence-corrected chi connectivity index (χ2v) is 5.51. The van der Waals surface area contributed by atoms with Gasteiger partial charge in [-0.05, 0) is 55.8 Å². The van der Waals surface area contributed by atoms with E-state index in [-0.39, 0.29) is 12.5 Å². The molecule has 1 heterocycles. The van der Waals surface area contributed by atoms with Gasteiger partial charge in [-0.2, -0.15) is 0 Å². The molecule has 0 bridgehead atoms. The monoisotopic (exact) mass is 276 g/mol. The number of benzene rings is 1. The van der Waals surface area contributed by atoms with E-state index in [1.54, 1.807) is 0 Å². The summed E-state index contributed by atoms with van der Waals surface area (Å²) in [5.74, 6) is 0.543. The van der Waals surface area contributed by atoms with Gasteiger partial charge in [0.15, 0.2) is 0 Å². The fourth-order valence-electron chi connectivity index (χ4n) is 2.83. The fourth-order valence-corrected chi connectivity index (χ4v) is 2.83. The number of aliphatic hydroxyl groups excluding tert-OH is 1. The predicted octanol–water partition coefficient (Wildman–Crippen LogP) is 1.42. The van der Waals surface area contributed by atoms with Crippen LogP contribution in [0.4, 0.5) is 0 Å². The average Bonchev–Trinajstić information content (AvgIpc) is 2.48. The van der Waals surface area contributed by atoms with Crippen molar-refractivity contribution in [3.63, 3.8) is 0 Å². The second kappa shape index (κ2) is 7.41. The van der Waals surface area contributed by atoms with Crippen molar-refractivity contribution in [2.75, 3.05) is 26.2 Å². The number of carbonyl (C=O) groups is 1. The largest absolute Gasteiger partial charge is 0.396 e. The van der Waals surface area contributed by atoms with Crippen LogP contribution in [0.1, 0.15) is 35.2 Å². The average molecular weight is 276 g/mol. The van der Waals surface area contributed by atoms with Crippen molar-refractivity contribution < 1.29 is 9.90 Å². The van der Waals surface area contributed by atoms with E-state index in [0.717, 1.165) is 44.3 Å². The zero-order valence-electron chi connectivity index (χ0n) is 11.9. The number of hydrogen-bond acceptors (Lipinski definition) is 3. The maximum atomic E-state index is 12.5. The number of nitrogens with zero attached hydrogens (tertiary/aromatic N) is 1. The Bertz CT molecular complexity index is 429. The van der Waals surface area contributed by atoms with Gasteiger partial charge in [-0.1, -0.05) is 12.1 Å². The number of likely N-dealkylation sites (tertiary alicyclic amines) is 1. The minimum Gasteiger partial charge on any atom is -0.396 e. The van der Waals surface area contributed by atoms with Gasteiger partial charge in [0.2, 0.25) is 0 Å². The number of hydrogen-bond donors (Lipinski definition) is 2. The molecule has 0 aliphatic carbocycles. The number of rotatable bonds is 5. The molecule has 1 fully saturated rings. The Labute approximate surface area is 120 Å². The molecule has 1 atom stereocenters. The quantitative estimate of drug-likeness (QED) is 0.855. The van der Waals surface area contributed by atoms with Crippen molar-refractivity contribution in [3.05, 3.63) is 35.4 Å². The highest BCUT2D eigenvalue weighted by molar-refractivity contribution is 5.94. The second-order valence-electron chi connectivity index (χ2n) is 5.51. The molecule has 1 aromatic rings. The maximum absolute atomic E-state index is 12.5. The van der Waals surface area contributed by atoms with Crippen LogP contribution >= 0.6 is 0 Å². The summed E-state index contributed by atoms with van der Waals surface area (Å²) in [5.41, 5.74) is 7.44. The normalized spacial score (nSPS) is 19.1. The molecule has 0 aromatic heterocycles. The van der Waals surface area contributed by atoms with Crippen LogP contribution in [-0.4, -0.2) is 42.2 Å². The van der Waals surface area contributed by atoms with E-state index >= 15 is 0 Å². The lowest BCUT2D eigenvalue weighted by atomic mass is 9.94. The van der Waals surface area contributed by atoms with Crippen molar-refractivity contribution in [2.45, 2.75) is 25.7 Å². The summed E-state index contributed by atoms with van der Waals surface area (Å²) in [6, 6.07) is 7.75. The van der Waals surface area contributed by atoms with Gasteiger partial charge in [0, 0.05) is 25.3 Å². The minimum absolute atomic E-state index is 0.104. The minimum atomic E-state index is 0.104. The van der Waals surface area contributed by atoms with Gasteiger partial charge in [-0.3, -0.25) is 4.79 Å². The number of piperidine rings is 1. The third kappa shape index (κ3) is 3.81. The Hall–Kier alpha value is -1.39. The highest BCUT2D eigenvalue weighted by Gasteiger charge is 2.23. The van der Waals surface area contributed by atoms with Crippen molar-refractivity contribution in [2.24, 2.45) is 11.7 Å². The molecule has 20 heavy (non-hydrogen) atoms. The zero-order chi connectivity index (χ0) is 14.4. The van der Waals surface area contributed by atoms with Crippen LogP contribution in [0.5, 0.6) is 0 Å². The lowest BCUT2D eigenvalue weighted by Gasteiger charge is -2.32. The molecule has 1 saturated heterocycles. The summed E-state index contributed by atoms with van der Waals surface area (Å²) >= 11 is 0. The van der Waals surface area contributed by atoms with Gasteiger partial charge in [-0.15, -0.1) is 0 Å². The summed E-state index contributed by atoms with van der Waals surface area (Å²) in [6.45, 7) is 2.43. The van der Waals surface area contributed by atoms with Crippen molar-refractivity contribution >= 4 is 5.91 Å². The van der Waals surface area contributed by atoms with Crippen LogP contribution in [0, 0.1) is 5.92 Å². The summed E-state index contributed by atoms with van der Waals surface area (Å²) in [7, 11) is 0. The molecular weight excluding hydrogens is 252 g/mol. The molecule has 1 aromatic carbocycles. The molecule has 3 N–H and O–H groups in total. The first-order valence-corrected chi connectivity index (χ1v) is 7.43. The van der Waals surface area contributed by atoms with Gasteiger partial charge in [0.05, 0.1) is 0 Å². The van der Waals surface area contributed by atoms with Gasteiger partial charge in [0.25, 0.3) is 5.91 Å². The van der Waals surface area contributed by atoms with Crippen molar-refractivity contribution in [1.82, 2.24) is 4.90 Å². The van der Waals surface area contributed by atoms with Crippen LogP contribution in [-0.2, 0) is 6.42 Å². The summed E-state index contributed by atoms with van der Waals surface area (Å²) in [4.78, 5) is 14.4. The lowest BCUT2D eigenvalue weighted by Crippen LogP contribution is -2.40. The first kappa shape index (κ1) is 15.0. The third-order valence-electron chi connectivity index (χ3n) is 3.98. The highest BCUT2D eigenvalue weighted by Crippen LogP contribution is 2.21. The third-order valence-corrected chi connectivity index (χ3v) is 3.98. The zero-order valence-corrected chi connectivity index (χ0v) is 11.9. The Morgan fingerprint density at radius 3 is 2.75 bits per heavy atom. The van der Waals surface area contributed by atoms with E-state index < -0.39 is 0 Å². The Kier molecular flexibility index (Phi) is 5.56. The number of nitrogens with two attached hydrogens (primary N) is 1. The Balaban J connectivity index is 1.99. The maximum Gasteiger partial charge on any atom is 0.253 e. The van der Waals surface area contributed by atoms with E-state index in [1.165, 1.54) is 5.56 Å². The fraction of sp³-hybridized carbons (Fsp3) is 0.562. The SMILES string of the molecule is NCCc1ccc(C(=O)N2CCCC(CCO)C2)cc1. The van der Waals surface area contributed by atoms with Crippen LogP contribution in [0.15, 0.2) is 24.3 Å². The molecule has 4 nitrogen and oxygen atoms in total. The Morgan fingerprint density at radius 2 is 2.10 bits per heavy atom. The number of carbonyl (C=O) groups excluding carboxylic acids is 1. The van der Waals surface area contributed by atoms with Gasteiger partial charge in [-0.25, -0.2) is 0 Å². The molecular formula is C16H24N2O2. The van der Waals surface area contributed by atoms with E-state index in [2.05, 4.69) is 0 Å². The van der Waals surface area contributed by atoms with Gasteiger partial charge in [0.1, 0.15) is 0 Å². The molecule has 0 radical (unpaired) electrons. The summed E-state index contributed by atoms with van der Waals surface area (Å²) < 4.78 is 0. The van der Waals surface area contributed by atoms with Gasteiger partial charge < -0.3 is 15.7 Å². The van der Waals surface area contributed by atoms with Gasteiger partial charge >= 0.3 is 0 Å². The first-order chi connectivity index (χ1) is 9.74. The van der Waals surface area contributed by atoms with Crippen LogP contribution < -0.4 is 5.73 Å². The summed E-state index contributed by atoms with van der Waals surface area (Å²) in [6.07, 6.45) is 3.78.